The van der Waals surface area contributed by atoms with Crippen LogP contribution in [0.5, 0.6) is 0 Å². The Hall–Kier alpha value is -1.10. The third kappa shape index (κ3) is 2.77. The van der Waals surface area contributed by atoms with E-state index in [1.807, 2.05) is 0 Å². The van der Waals surface area contributed by atoms with Crippen LogP contribution in [0.1, 0.15) is 27.2 Å². The largest absolute Gasteiger partial charge is 0.480 e. The first-order valence-corrected chi connectivity index (χ1v) is 5.86. The molecule has 1 saturated heterocycles. The number of piperidine rings is 1. The predicted molar refractivity (Wildman–Crippen MR) is 62.6 cm³/mol. The maximum atomic E-state index is 12.1. The number of ether oxygens (including phenoxy) is 1. The van der Waals surface area contributed by atoms with Gasteiger partial charge < -0.3 is 14.7 Å². The molecule has 1 aliphatic heterocycles. The van der Waals surface area contributed by atoms with E-state index in [0.717, 1.165) is 6.42 Å². The molecule has 0 bridgehead atoms. The zero-order chi connectivity index (χ0) is 13.2. The van der Waals surface area contributed by atoms with Crippen molar-refractivity contribution >= 4 is 11.9 Å². The van der Waals surface area contributed by atoms with Gasteiger partial charge in [0.2, 0.25) is 5.91 Å². The highest BCUT2D eigenvalue weighted by Crippen LogP contribution is 2.25. The molecule has 5 heteroatoms. The molecule has 0 aromatic carbocycles. The normalized spacial score (nSPS) is 25.8. The van der Waals surface area contributed by atoms with Crippen LogP contribution in [0.2, 0.25) is 0 Å². The van der Waals surface area contributed by atoms with E-state index in [1.165, 1.54) is 13.8 Å². The van der Waals surface area contributed by atoms with Crippen molar-refractivity contribution in [3.05, 3.63) is 0 Å². The molecule has 0 saturated carbocycles. The number of carbonyl (C=O) groups excluding carboxylic acids is 1. The third-order valence-corrected chi connectivity index (χ3v) is 3.55. The van der Waals surface area contributed by atoms with E-state index < -0.39 is 11.4 Å². The number of carboxylic acid groups (broad SMARTS) is 1. The van der Waals surface area contributed by atoms with Crippen LogP contribution in [-0.4, -0.2) is 48.2 Å². The summed E-state index contributed by atoms with van der Waals surface area (Å²) in [4.78, 5) is 24.8. The van der Waals surface area contributed by atoms with Crippen LogP contribution in [0, 0.1) is 11.3 Å². The van der Waals surface area contributed by atoms with Gasteiger partial charge >= 0.3 is 5.97 Å². The van der Waals surface area contributed by atoms with Crippen LogP contribution in [-0.2, 0) is 14.3 Å². The van der Waals surface area contributed by atoms with Gasteiger partial charge in [0, 0.05) is 20.2 Å². The zero-order valence-electron chi connectivity index (χ0n) is 10.9. The molecular weight excluding hydrogens is 222 g/mol. The average molecular weight is 243 g/mol. The summed E-state index contributed by atoms with van der Waals surface area (Å²) in [5, 5.41) is 9.04. The number of likely N-dealkylation sites (tertiary alicyclic amines) is 1. The van der Waals surface area contributed by atoms with Gasteiger partial charge in [0.15, 0.2) is 0 Å². The molecule has 0 spiro atoms. The Labute approximate surface area is 102 Å². The molecule has 1 N–H and O–H groups in total. The quantitative estimate of drug-likeness (QED) is 0.750. The molecule has 0 aromatic heterocycles. The summed E-state index contributed by atoms with van der Waals surface area (Å²) in [7, 11) is 1.62. The van der Waals surface area contributed by atoms with E-state index in [1.54, 1.807) is 12.0 Å². The third-order valence-electron chi connectivity index (χ3n) is 3.55. The predicted octanol–water partition coefficient (Wildman–Crippen LogP) is 0.981. The second-order valence-corrected chi connectivity index (χ2v) is 5.22. The lowest BCUT2D eigenvalue weighted by Crippen LogP contribution is -2.52. The summed E-state index contributed by atoms with van der Waals surface area (Å²) in [6.45, 7) is 6.05. The standard InChI is InChI=1S/C12H21NO4/c1-8-5-6-13(7-9(8)17-4)10(14)12(2,3)11(15)16/h8-9H,5-7H2,1-4H3,(H,15,16). The number of aliphatic carboxylic acids is 1. The molecule has 0 radical (unpaired) electrons. The number of hydrogen-bond acceptors (Lipinski definition) is 3. The Morgan fingerprint density at radius 3 is 2.47 bits per heavy atom. The highest BCUT2D eigenvalue weighted by atomic mass is 16.5. The second kappa shape index (κ2) is 5.04. The number of hydrogen-bond donors (Lipinski definition) is 1. The molecule has 98 valence electrons. The zero-order valence-corrected chi connectivity index (χ0v) is 10.9. The van der Waals surface area contributed by atoms with Crippen molar-refractivity contribution in [1.29, 1.82) is 0 Å². The van der Waals surface area contributed by atoms with Crippen LogP contribution >= 0.6 is 0 Å². The smallest absolute Gasteiger partial charge is 0.318 e. The molecule has 1 aliphatic rings. The lowest BCUT2D eigenvalue weighted by Gasteiger charge is -2.38. The first kappa shape index (κ1) is 14.0. The topological polar surface area (TPSA) is 66.8 Å². The molecule has 2 atom stereocenters. The van der Waals surface area contributed by atoms with E-state index in [4.69, 9.17) is 9.84 Å². The Bertz CT molecular complexity index is 314. The highest BCUT2D eigenvalue weighted by molar-refractivity contribution is 6.01. The minimum atomic E-state index is -1.36. The van der Waals surface area contributed by atoms with Crippen molar-refractivity contribution in [2.75, 3.05) is 20.2 Å². The van der Waals surface area contributed by atoms with Crippen molar-refractivity contribution in [1.82, 2.24) is 4.90 Å². The summed E-state index contributed by atoms with van der Waals surface area (Å²) in [5.74, 6) is -1.02. The van der Waals surface area contributed by atoms with Crippen molar-refractivity contribution in [3.63, 3.8) is 0 Å². The number of methoxy groups -OCH3 is 1. The SMILES string of the molecule is COC1CN(C(=O)C(C)(C)C(=O)O)CCC1C. The molecule has 0 aromatic rings. The van der Waals surface area contributed by atoms with Gasteiger partial charge in [0.05, 0.1) is 6.10 Å². The molecule has 1 heterocycles. The number of carboxylic acids is 1. The van der Waals surface area contributed by atoms with Crippen molar-refractivity contribution in [2.45, 2.75) is 33.3 Å². The first-order chi connectivity index (χ1) is 7.80. The van der Waals surface area contributed by atoms with Gasteiger partial charge in [-0.1, -0.05) is 6.92 Å². The van der Waals surface area contributed by atoms with Crippen molar-refractivity contribution < 1.29 is 19.4 Å². The van der Waals surface area contributed by atoms with Gasteiger partial charge in [0.1, 0.15) is 5.41 Å². The first-order valence-electron chi connectivity index (χ1n) is 5.86. The molecule has 17 heavy (non-hydrogen) atoms. The van der Waals surface area contributed by atoms with E-state index in [0.29, 0.717) is 19.0 Å². The fourth-order valence-corrected chi connectivity index (χ4v) is 2.01. The van der Waals surface area contributed by atoms with Crippen molar-refractivity contribution in [2.24, 2.45) is 11.3 Å². The number of carbonyl (C=O) groups is 2. The minimum absolute atomic E-state index is 0.00250. The number of rotatable bonds is 3. The highest BCUT2D eigenvalue weighted by Gasteiger charge is 2.41. The Morgan fingerprint density at radius 1 is 1.41 bits per heavy atom. The van der Waals surface area contributed by atoms with Gasteiger partial charge in [0.25, 0.3) is 0 Å². The molecule has 1 amide bonds. The van der Waals surface area contributed by atoms with Crippen LogP contribution in [0.15, 0.2) is 0 Å². The fraction of sp³-hybridized carbons (Fsp3) is 0.833. The van der Waals surface area contributed by atoms with Crippen LogP contribution in [0.4, 0.5) is 0 Å². The second-order valence-electron chi connectivity index (χ2n) is 5.22. The molecule has 1 fully saturated rings. The van der Waals surface area contributed by atoms with Crippen LogP contribution in [0.3, 0.4) is 0 Å². The van der Waals surface area contributed by atoms with Crippen LogP contribution < -0.4 is 0 Å². The van der Waals surface area contributed by atoms with Gasteiger partial charge in [-0.25, -0.2) is 0 Å². The molecule has 0 aliphatic carbocycles. The molecule has 5 nitrogen and oxygen atoms in total. The Kier molecular flexibility index (Phi) is 4.14. The van der Waals surface area contributed by atoms with Gasteiger partial charge in [-0.05, 0) is 26.2 Å². The summed E-state index contributed by atoms with van der Waals surface area (Å²) < 4.78 is 5.32. The molecule has 1 rings (SSSR count). The maximum Gasteiger partial charge on any atom is 0.318 e. The summed E-state index contributed by atoms with van der Waals surface area (Å²) in [6.07, 6.45) is 0.845. The van der Waals surface area contributed by atoms with Gasteiger partial charge in [-0.3, -0.25) is 9.59 Å². The Morgan fingerprint density at radius 2 is 2.00 bits per heavy atom. The monoisotopic (exact) mass is 243 g/mol. The number of amides is 1. The van der Waals surface area contributed by atoms with Crippen molar-refractivity contribution in [3.8, 4) is 0 Å². The van der Waals surface area contributed by atoms with Gasteiger partial charge in [-0.2, -0.15) is 0 Å². The maximum absolute atomic E-state index is 12.1. The number of nitrogens with zero attached hydrogens (tertiary/aromatic N) is 1. The van der Waals surface area contributed by atoms with Crippen LogP contribution in [0.25, 0.3) is 0 Å². The van der Waals surface area contributed by atoms with E-state index in [-0.39, 0.29) is 12.0 Å². The lowest BCUT2D eigenvalue weighted by molar-refractivity contribution is -0.160. The molecule has 2 unspecified atom stereocenters. The van der Waals surface area contributed by atoms with Gasteiger partial charge in [-0.15, -0.1) is 0 Å². The lowest BCUT2D eigenvalue weighted by atomic mass is 9.89. The average Bonchev–Trinajstić information content (AvgIpc) is 2.28. The summed E-state index contributed by atoms with van der Waals surface area (Å²) in [5.41, 5.74) is -1.36. The van der Waals surface area contributed by atoms with E-state index in [2.05, 4.69) is 6.92 Å². The fourth-order valence-electron chi connectivity index (χ4n) is 2.01. The molecular formula is C12H21NO4. The minimum Gasteiger partial charge on any atom is -0.480 e. The summed E-state index contributed by atoms with van der Waals surface area (Å²) >= 11 is 0. The Balaban J connectivity index is 2.75. The van der Waals surface area contributed by atoms with E-state index in [9.17, 15) is 9.59 Å². The summed E-state index contributed by atoms with van der Waals surface area (Å²) in [6, 6.07) is 0. The van der Waals surface area contributed by atoms with E-state index >= 15 is 0 Å².